The van der Waals surface area contributed by atoms with Crippen molar-refractivity contribution in [3.8, 4) is 0 Å². The van der Waals surface area contributed by atoms with E-state index < -0.39 is 0 Å². The molecule has 2 heteroatoms. The van der Waals surface area contributed by atoms with Crippen LogP contribution in [0.4, 0.5) is 0 Å². The summed E-state index contributed by atoms with van der Waals surface area (Å²) in [7, 11) is 0. The molecule has 0 atom stereocenters. The summed E-state index contributed by atoms with van der Waals surface area (Å²) in [6.07, 6.45) is 13.2. The lowest BCUT2D eigenvalue weighted by Crippen LogP contribution is -2.10. The molecule has 0 aromatic heterocycles. The molecular weight excluding hydrogens is 236 g/mol. The van der Waals surface area contributed by atoms with Crippen molar-refractivity contribution in [2.75, 3.05) is 0 Å². The third kappa shape index (κ3) is 6.32. The molecule has 0 aromatic carbocycles. The number of carbonyl (C=O) groups excluding carboxylic acids is 2. The molecule has 0 heterocycles. The molecule has 0 radical (unpaired) electrons. The number of carbonyl (C=O) groups is 2. The topological polar surface area (TPSA) is 34.1 Å². The van der Waals surface area contributed by atoms with Gasteiger partial charge in [-0.1, -0.05) is 61.8 Å². The van der Waals surface area contributed by atoms with Crippen LogP contribution in [0.1, 0.15) is 20.3 Å². The van der Waals surface area contributed by atoms with Crippen LogP contribution in [0.5, 0.6) is 0 Å². The Morgan fingerprint density at radius 2 is 1.63 bits per heavy atom. The van der Waals surface area contributed by atoms with Crippen molar-refractivity contribution in [2.24, 2.45) is 0 Å². The first kappa shape index (κ1) is 16.8. The largest absolute Gasteiger partial charge is 0.294 e. The Hall–Kier alpha value is -2.22. The predicted octanol–water partition coefficient (Wildman–Crippen LogP) is 3.89. The number of Topliss-reactive ketones (excluding diaryl/α,β-unsaturated/α-hetero) is 2. The molecule has 0 unspecified atom stereocenters. The highest BCUT2D eigenvalue weighted by atomic mass is 16.1. The Bertz CT molecular complexity index is 471. The second-order valence-electron chi connectivity index (χ2n) is 3.71. The smallest absolute Gasteiger partial charge is 0.170 e. The van der Waals surface area contributed by atoms with Crippen LogP contribution in [0.25, 0.3) is 0 Å². The van der Waals surface area contributed by atoms with Crippen LogP contribution in [0.3, 0.4) is 0 Å². The Morgan fingerprint density at radius 3 is 2.11 bits per heavy atom. The molecule has 0 fully saturated rings. The molecule has 0 spiro atoms. The van der Waals surface area contributed by atoms with Crippen LogP contribution in [-0.4, -0.2) is 11.6 Å². The maximum atomic E-state index is 12.0. The van der Waals surface area contributed by atoms with Crippen LogP contribution in [0.2, 0.25) is 0 Å². The van der Waals surface area contributed by atoms with Gasteiger partial charge in [-0.3, -0.25) is 9.59 Å². The first-order valence-corrected chi connectivity index (χ1v) is 6.07. The van der Waals surface area contributed by atoms with Crippen LogP contribution in [0, 0.1) is 0 Å². The molecule has 0 amide bonds. The minimum absolute atomic E-state index is 0.161. The number of ketones is 2. The Morgan fingerprint density at radius 1 is 1.00 bits per heavy atom. The van der Waals surface area contributed by atoms with E-state index in [9.17, 15) is 9.59 Å². The molecule has 19 heavy (non-hydrogen) atoms. The standard InChI is InChI=1S/C17H20O2/c1-5-9-10-12-15(8-4)17(19)13-16(18)14(7-3)11-6-2/h5-12H,2-3,13H2,1,4H3/b9-5-,12-10-,14-11+,15-8+. The quantitative estimate of drug-likeness (QED) is 0.375. The van der Waals surface area contributed by atoms with E-state index in [0.717, 1.165) is 0 Å². The number of rotatable bonds is 8. The van der Waals surface area contributed by atoms with Gasteiger partial charge >= 0.3 is 0 Å². The van der Waals surface area contributed by atoms with Crippen molar-refractivity contribution in [1.82, 2.24) is 0 Å². The molecule has 0 saturated heterocycles. The fourth-order valence-corrected chi connectivity index (χ4v) is 1.37. The van der Waals surface area contributed by atoms with Crippen molar-refractivity contribution in [2.45, 2.75) is 20.3 Å². The summed E-state index contributed by atoms with van der Waals surface area (Å²) in [5.74, 6) is -0.455. The van der Waals surface area contributed by atoms with Gasteiger partial charge in [-0.25, -0.2) is 0 Å². The van der Waals surface area contributed by atoms with Crippen LogP contribution >= 0.6 is 0 Å². The van der Waals surface area contributed by atoms with Crippen molar-refractivity contribution >= 4 is 11.6 Å². The van der Waals surface area contributed by atoms with Gasteiger partial charge in [0.1, 0.15) is 0 Å². The predicted molar refractivity (Wildman–Crippen MR) is 80.8 cm³/mol. The molecule has 2 nitrogen and oxygen atoms in total. The van der Waals surface area contributed by atoms with E-state index in [0.29, 0.717) is 11.1 Å². The second kappa shape index (κ2) is 9.77. The Labute approximate surface area is 115 Å². The Balaban J connectivity index is 4.85. The summed E-state index contributed by atoms with van der Waals surface area (Å²) in [6.45, 7) is 10.7. The average Bonchev–Trinajstić information content (AvgIpc) is 2.40. The molecular formula is C17H20O2. The van der Waals surface area contributed by atoms with E-state index >= 15 is 0 Å². The van der Waals surface area contributed by atoms with E-state index in [1.807, 2.05) is 19.1 Å². The van der Waals surface area contributed by atoms with E-state index in [4.69, 9.17) is 0 Å². The lowest BCUT2D eigenvalue weighted by Gasteiger charge is -2.01. The summed E-state index contributed by atoms with van der Waals surface area (Å²) >= 11 is 0. The SMILES string of the molecule is C=C/C=C(\C=C)C(=O)CC(=O)C(/C=C\C=C/C)=C/C. The summed E-state index contributed by atoms with van der Waals surface area (Å²) in [5.41, 5.74) is 0.921. The monoisotopic (exact) mass is 256 g/mol. The molecule has 0 bridgehead atoms. The molecule has 0 aliphatic carbocycles. The number of hydrogen-bond donors (Lipinski definition) is 0. The van der Waals surface area contributed by atoms with Gasteiger partial charge in [-0.05, 0) is 13.8 Å². The molecule has 0 N–H and O–H groups in total. The highest BCUT2D eigenvalue weighted by Crippen LogP contribution is 2.08. The average molecular weight is 256 g/mol. The maximum Gasteiger partial charge on any atom is 0.170 e. The molecule has 100 valence electrons. The lowest BCUT2D eigenvalue weighted by atomic mass is 10.0. The van der Waals surface area contributed by atoms with Crippen molar-refractivity contribution < 1.29 is 9.59 Å². The normalized spacial score (nSPS) is 12.9. The van der Waals surface area contributed by atoms with Gasteiger partial charge in [-0.15, -0.1) is 0 Å². The van der Waals surface area contributed by atoms with E-state index in [1.165, 1.54) is 12.2 Å². The van der Waals surface area contributed by atoms with Gasteiger partial charge in [0.05, 0.1) is 6.42 Å². The van der Waals surface area contributed by atoms with E-state index in [2.05, 4.69) is 13.2 Å². The summed E-state index contributed by atoms with van der Waals surface area (Å²) in [5, 5.41) is 0. The van der Waals surface area contributed by atoms with Gasteiger partial charge < -0.3 is 0 Å². The first-order valence-electron chi connectivity index (χ1n) is 6.07. The zero-order valence-corrected chi connectivity index (χ0v) is 11.6. The fourth-order valence-electron chi connectivity index (χ4n) is 1.37. The third-order valence-corrected chi connectivity index (χ3v) is 2.37. The highest BCUT2D eigenvalue weighted by Gasteiger charge is 2.13. The van der Waals surface area contributed by atoms with E-state index in [1.54, 1.807) is 31.2 Å². The van der Waals surface area contributed by atoms with Crippen molar-refractivity contribution in [1.29, 1.82) is 0 Å². The summed E-state index contributed by atoms with van der Waals surface area (Å²) < 4.78 is 0. The van der Waals surface area contributed by atoms with Gasteiger partial charge in [0, 0.05) is 11.1 Å². The number of hydrogen-bond acceptors (Lipinski definition) is 2. The zero-order chi connectivity index (χ0) is 14.7. The molecule has 0 saturated carbocycles. The summed E-state index contributed by atoms with van der Waals surface area (Å²) in [6, 6.07) is 0. The van der Waals surface area contributed by atoms with Gasteiger partial charge in [-0.2, -0.15) is 0 Å². The first-order chi connectivity index (χ1) is 9.10. The van der Waals surface area contributed by atoms with Gasteiger partial charge in [0.25, 0.3) is 0 Å². The number of allylic oxidation sites excluding steroid dienone is 10. The summed E-state index contributed by atoms with van der Waals surface area (Å²) in [4.78, 5) is 23.8. The fraction of sp³-hybridized carbons (Fsp3) is 0.176. The van der Waals surface area contributed by atoms with Crippen LogP contribution in [0.15, 0.2) is 72.9 Å². The minimum Gasteiger partial charge on any atom is -0.294 e. The molecule has 0 rings (SSSR count). The minimum atomic E-state index is -0.251. The Kier molecular flexibility index (Phi) is 8.63. The molecule has 0 aliphatic rings. The third-order valence-electron chi connectivity index (χ3n) is 2.37. The zero-order valence-electron chi connectivity index (χ0n) is 11.6. The molecule has 0 aliphatic heterocycles. The maximum absolute atomic E-state index is 12.0. The lowest BCUT2D eigenvalue weighted by molar-refractivity contribution is -0.122. The van der Waals surface area contributed by atoms with Gasteiger partial charge in [0.15, 0.2) is 11.6 Å². The van der Waals surface area contributed by atoms with Crippen molar-refractivity contribution in [3.05, 3.63) is 72.9 Å². The second-order valence-corrected chi connectivity index (χ2v) is 3.71. The van der Waals surface area contributed by atoms with Crippen molar-refractivity contribution in [3.63, 3.8) is 0 Å². The van der Waals surface area contributed by atoms with Gasteiger partial charge in [0.2, 0.25) is 0 Å². The van der Waals surface area contributed by atoms with E-state index in [-0.39, 0.29) is 18.0 Å². The van der Waals surface area contributed by atoms with Crippen LogP contribution in [-0.2, 0) is 9.59 Å². The molecule has 0 aromatic rings. The van der Waals surface area contributed by atoms with Crippen LogP contribution < -0.4 is 0 Å². The highest BCUT2D eigenvalue weighted by molar-refractivity contribution is 6.14.